The van der Waals surface area contributed by atoms with E-state index in [0.717, 1.165) is 0 Å². The summed E-state index contributed by atoms with van der Waals surface area (Å²) >= 11 is 0. The Hall–Kier alpha value is -2.11. The van der Waals surface area contributed by atoms with Crippen LogP contribution in [0.25, 0.3) is 0 Å². The van der Waals surface area contributed by atoms with Crippen molar-refractivity contribution in [2.24, 2.45) is 10.9 Å². The highest BCUT2D eigenvalue weighted by Gasteiger charge is 2.16. The van der Waals surface area contributed by atoms with Crippen molar-refractivity contribution in [1.82, 2.24) is 9.88 Å². The van der Waals surface area contributed by atoms with Crippen LogP contribution in [-0.4, -0.2) is 39.9 Å². The molecule has 0 unspecified atom stereocenters. The van der Waals surface area contributed by atoms with Crippen LogP contribution in [0.2, 0.25) is 0 Å². The third-order valence-corrected chi connectivity index (χ3v) is 2.67. The van der Waals surface area contributed by atoms with Gasteiger partial charge in [-0.1, -0.05) is 5.16 Å². The Labute approximate surface area is 106 Å². The molecule has 1 amide bonds. The molecular weight excluding hydrogens is 232 g/mol. The number of nitrogens with two attached hydrogens (primary N) is 1. The second kappa shape index (κ2) is 6.58. The summed E-state index contributed by atoms with van der Waals surface area (Å²) in [5.41, 5.74) is 6.68. The summed E-state index contributed by atoms with van der Waals surface area (Å²) < 4.78 is 0. The Morgan fingerprint density at radius 1 is 1.61 bits per heavy atom. The number of nitrogens with zero attached hydrogens (tertiary/aromatic N) is 3. The summed E-state index contributed by atoms with van der Waals surface area (Å²) in [4.78, 5) is 18.0. The fourth-order valence-corrected chi connectivity index (χ4v) is 1.58. The molecule has 0 aliphatic rings. The first-order valence-electron chi connectivity index (χ1n) is 5.77. The highest BCUT2D eigenvalue weighted by Crippen LogP contribution is 2.08. The summed E-state index contributed by atoms with van der Waals surface area (Å²) in [5.74, 6) is 0.0259. The predicted molar refractivity (Wildman–Crippen MR) is 68.6 cm³/mol. The van der Waals surface area contributed by atoms with Gasteiger partial charge in [0.25, 0.3) is 5.91 Å². The lowest BCUT2D eigenvalue weighted by atomic mass is 10.1. The number of hydrogen-bond donors (Lipinski definition) is 2. The fraction of sp³-hybridized carbons (Fsp3) is 0.417. The smallest absolute Gasteiger partial charge is 0.255 e. The van der Waals surface area contributed by atoms with Crippen LogP contribution >= 0.6 is 0 Å². The van der Waals surface area contributed by atoms with Crippen molar-refractivity contribution < 1.29 is 10.0 Å². The van der Waals surface area contributed by atoms with Crippen molar-refractivity contribution in [2.45, 2.75) is 20.3 Å². The molecule has 0 aromatic carbocycles. The normalized spacial score (nSPS) is 11.3. The minimum absolute atomic E-state index is 0.0890. The van der Waals surface area contributed by atoms with Gasteiger partial charge < -0.3 is 15.8 Å². The van der Waals surface area contributed by atoms with Gasteiger partial charge in [0.1, 0.15) is 5.84 Å². The van der Waals surface area contributed by atoms with Crippen LogP contribution in [0, 0.1) is 6.92 Å². The Balaban J connectivity index is 2.77. The molecule has 6 heteroatoms. The average Bonchev–Trinajstić information content (AvgIpc) is 2.39. The topological polar surface area (TPSA) is 91.8 Å². The SMILES string of the molecule is CCN(CCC(N)=NO)C(=O)c1cccnc1C. The van der Waals surface area contributed by atoms with Gasteiger partial charge in [-0.15, -0.1) is 0 Å². The van der Waals surface area contributed by atoms with Crippen molar-refractivity contribution >= 4 is 11.7 Å². The van der Waals surface area contributed by atoms with Crippen LogP contribution < -0.4 is 5.73 Å². The first-order valence-corrected chi connectivity index (χ1v) is 5.77. The summed E-state index contributed by atoms with van der Waals surface area (Å²) in [5, 5.41) is 11.4. The van der Waals surface area contributed by atoms with Crippen LogP contribution in [0.4, 0.5) is 0 Å². The highest BCUT2D eigenvalue weighted by atomic mass is 16.4. The molecule has 0 aliphatic carbocycles. The van der Waals surface area contributed by atoms with E-state index in [-0.39, 0.29) is 11.7 Å². The first-order chi connectivity index (χ1) is 8.60. The van der Waals surface area contributed by atoms with Crippen LogP contribution in [-0.2, 0) is 0 Å². The number of rotatable bonds is 5. The number of amidine groups is 1. The lowest BCUT2D eigenvalue weighted by Crippen LogP contribution is -2.34. The van der Waals surface area contributed by atoms with Crippen molar-refractivity contribution in [2.75, 3.05) is 13.1 Å². The molecule has 0 saturated carbocycles. The molecule has 1 aromatic heterocycles. The fourth-order valence-electron chi connectivity index (χ4n) is 1.58. The summed E-state index contributed by atoms with van der Waals surface area (Å²) in [6, 6.07) is 3.48. The lowest BCUT2D eigenvalue weighted by Gasteiger charge is -2.21. The zero-order valence-electron chi connectivity index (χ0n) is 10.6. The molecule has 0 fully saturated rings. The number of oxime groups is 1. The quantitative estimate of drug-likeness (QED) is 0.353. The van der Waals surface area contributed by atoms with E-state index in [0.29, 0.717) is 30.8 Å². The van der Waals surface area contributed by atoms with Crippen LogP contribution in [0.1, 0.15) is 29.4 Å². The van der Waals surface area contributed by atoms with E-state index in [9.17, 15) is 4.79 Å². The van der Waals surface area contributed by atoms with Gasteiger partial charge in [0.2, 0.25) is 0 Å². The summed E-state index contributed by atoms with van der Waals surface area (Å²) in [6.45, 7) is 4.66. The minimum atomic E-state index is -0.0890. The van der Waals surface area contributed by atoms with E-state index in [2.05, 4.69) is 10.1 Å². The van der Waals surface area contributed by atoms with Gasteiger partial charge in [-0.3, -0.25) is 9.78 Å². The Kier molecular flexibility index (Phi) is 5.10. The third-order valence-electron chi connectivity index (χ3n) is 2.67. The van der Waals surface area contributed by atoms with Crippen molar-refractivity contribution in [3.8, 4) is 0 Å². The van der Waals surface area contributed by atoms with Gasteiger partial charge in [0, 0.05) is 31.4 Å². The summed E-state index contributed by atoms with van der Waals surface area (Å²) in [6.07, 6.45) is 1.99. The first kappa shape index (κ1) is 14.0. The second-order valence-corrected chi connectivity index (χ2v) is 3.86. The van der Waals surface area contributed by atoms with Crippen LogP contribution in [0.15, 0.2) is 23.5 Å². The number of amides is 1. The van der Waals surface area contributed by atoms with Crippen LogP contribution in [0.3, 0.4) is 0 Å². The molecule has 6 nitrogen and oxygen atoms in total. The van der Waals surface area contributed by atoms with Crippen molar-refractivity contribution in [1.29, 1.82) is 0 Å². The zero-order chi connectivity index (χ0) is 13.5. The molecule has 0 bridgehead atoms. The maximum atomic E-state index is 12.2. The third kappa shape index (κ3) is 3.44. The highest BCUT2D eigenvalue weighted by molar-refractivity contribution is 5.95. The molecule has 1 aromatic rings. The van der Waals surface area contributed by atoms with E-state index in [4.69, 9.17) is 10.9 Å². The molecule has 3 N–H and O–H groups in total. The van der Waals surface area contributed by atoms with Gasteiger partial charge in [-0.25, -0.2) is 0 Å². The number of aryl methyl sites for hydroxylation is 1. The molecule has 0 atom stereocenters. The number of carbonyl (C=O) groups is 1. The van der Waals surface area contributed by atoms with Gasteiger partial charge in [0.15, 0.2) is 0 Å². The number of carbonyl (C=O) groups excluding carboxylic acids is 1. The number of pyridine rings is 1. The molecule has 0 radical (unpaired) electrons. The van der Waals surface area contributed by atoms with Crippen LogP contribution in [0.5, 0.6) is 0 Å². The monoisotopic (exact) mass is 250 g/mol. The van der Waals surface area contributed by atoms with Crippen molar-refractivity contribution in [3.05, 3.63) is 29.6 Å². The average molecular weight is 250 g/mol. The Morgan fingerprint density at radius 2 is 2.33 bits per heavy atom. The molecule has 18 heavy (non-hydrogen) atoms. The maximum absolute atomic E-state index is 12.2. The van der Waals surface area contributed by atoms with E-state index < -0.39 is 0 Å². The standard InChI is InChI=1S/C12H18N4O2/c1-3-16(8-6-11(13)15-18)12(17)10-5-4-7-14-9(10)2/h4-5,7,18H,3,6,8H2,1-2H3,(H2,13,15). The molecule has 1 rings (SSSR count). The summed E-state index contributed by atoms with van der Waals surface area (Å²) in [7, 11) is 0. The van der Waals surface area contributed by atoms with Gasteiger partial charge in [-0.2, -0.15) is 0 Å². The van der Waals surface area contributed by atoms with E-state index >= 15 is 0 Å². The van der Waals surface area contributed by atoms with E-state index in [1.54, 1.807) is 30.2 Å². The molecular formula is C12H18N4O2. The second-order valence-electron chi connectivity index (χ2n) is 3.86. The molecule has 1 heterocycles. The number of aromatic nitrogens is 1. The maximum Gasteiger partial charge on any atom is 0.255 e. The minimum Gasteiger partial charge on any atom is -0.409 e. The Morgan fingerprint density at radius 3 is 2.89 bits per heavy atom. The number of hydrogen-bond acceptors (Lipinski definition) is 4. The lowest BCUT2D eigenvalue weighted by molar-refractivity contribution is 0.0767. The van der Waals surface area contributed by atoms with Gasteiger partial charge in [0.05, 0.1) is 5.56 Å². The largest absolute Gasteiger partial charge is 0.409 e. The zero-order valence-corrected chi connectivity index (χ0v) is 10.6. The van der Waals surface area contributed by atoms with Gasteiger partial charge in [-0.05, 0) is 26.0 Å². The molecule has 98 valence electrons. The molecule has 0 aliphatic heterocycles. The molecule has 0 spiro atoms. The van der Waals surface area contributed by atoms with E-state index in [1.165, 1.54) is 0 Å². The Bertz CT molecular complexity index is 445. The predicted octanol–water partition coefficient (Wildman–Crippen LogP) is 0.989. The van der Waals surface area contributed by atoms with Crippen molar-refractivity contribution in [3.63, 3.8) is 0 Å². The molecule has 0 saturated heterocycles. The van der Waals surface area contributed by atoms with E-state index in [1.807, 2.05) is 6.92 Å². The van der Waals surface area contributed by atoms with Gasteiger partial charge >= 0.3 is 0 Å².